The SMILES string of the molecule is c1ccc(-c2ccc(N(c3ccc4c(c3)-c3cc5ccccc5cc3C43c4ccccc4Sc4ccccc43)c3cccc4c3-c3ccccc3C43c4ccccc4Oc4ccccc43)cc2)cc1. The van der Waals surface area contributed by atoms with E-state index in [1.165, 1.54) is 87.3 Å². The first-order valence-electron chi connectivity index (χ1n) is 23.8. The summed E-state index contributed by atoms with van der Waals surface area (Å²) in [7, 11) is 0. The molecular weight excluding hydrogens is 855 g/mol. The lowest BCUT2D eigenvalue weighted by atomic mass is 9.66. The summed E-state index contributed by atoms with van der Waals surface area (Å²) in [5.74, 6) is 1.78. The minimum Gasteiger partial charge on any atom is -0.457 e. The van der Waals surface area contributed by atoms with Crippen LogP contribution >= 0.6 is 11.8 Å². The van der Waals surface area contributed by atoms with E-state index in [1.54, 1.807) is 0 Å². The number of nitrogens with zero attached hydrogens (tertiary/aromatic N) is 1. The van der Waals surface area contributed by atoms with Gasteiger partial charge in [-0.25, -0.2) is 0 Å². The number of fused-ring (bicyclic) bond motifs is 19. The van der Waals surface area contributed by atoms with Crippen molar-refractivity contribution in [1.29, 1.82) is 0 Å². The second-order valence-corrected chi connectivity index (χ2v) is 19.7. The molecule has 0 atom stereocenters. The van der Waals surface area contributed by atoms with Crippen LogP contribution in [0.4, 0.5) is 17.1 Å². The molecule has 2 aliphatic heterocycles. The van der Waals surface area contributed by atoms with Crippen molar-refractivity contribution in [2.75, 3.05) is 4.90 Å². The molecule has 0 saturated carbocycles. The molecule has 11 aromatic carbocycles. The van der Waals surface area contributed by atoms with Crippen molar-refractivity contribution in [3.05, 3.63) is 293 Å². The monoisotopic (exact) mass is 895 g/mol. The van der Waals surface area contributed by atoms with Crippen LogP contribution in [0.1, 0.15) is 44.5 Å². The molecule has 0 N–H and O–H groups in total. The van der Waals surface area contributed by atoms with Gasteiger partial charge in [0.25, 0.3) is 0 Å². The van der Waals surface area contributed by atoms with Crippen LogP contribution in [0, 0.1) is 0 Å². The standard InChI is InChI=1S/C66H41NOS/c1-2-17-42(18-3-1)43-33-35-46(36-34-43)67(59-28-16-27-57-64(59)48-21-6-7-22-51(48)65(57)53-23-8-12-29-60(53)68-61-30-13-9-24-54(61)65)47-37-38-52-50(41-47)49-39-44-19-4-5-20-45(44)40-58(49)66(52)55-25-10-14-31-62(55)69-63-32-15-11-26-56(63)66/h1-41H. The van der Waals surface area contributed by atoms with E-state index < -0.39 is 10.8 Å². The van der Waals surface area contributed by atoms with Crippen molar-refractivity contribution < 1.29 is 4.74 Å². The van der Waals surface area contributed by atoms with E-state index in [4.69, 9.17) is 4.74 Å². The number of anilines is 3. The van der Waals surface area contributed by atoms with E-state index >= 15 is 0 Å². The Hall–Kier alpha value is -8.37. The highest BCUT2D eigenvalue weighted by Gasteiger charge is 2.53. The molecule has 2 spiro atoms. The number of para-hydroxylation sites is 2. The van der Waals surface area contributed by atoms with Gasteiger partial charge >= 0.3 is 0 Å². The molecule has 2 aliphatic carbocycles. The quantitative estimate of drug-likeness (QED) is 0.175. The van der Waals surface area contributed by atoms with E-state index in [9.17, 15) is 0 Å². The van der Waals surface area contributed by atoms with Gasteiger partial charge in [0.2, 0.25) is 0 Å². The molecule has 3 heteroatoms. The molecule has 0 saturated heterocycles. The highest BCUT2D eigenvalue weighted by molar-refractivity contribution is 7.99. The van der Waals surface area contributed by atoms with E-state index in [0.29, 0.717) is 0 Å². The van der Waals surface area contributed by atoms with Crippen LogP contribution < -0.4 is 9.64 Å². The maximum absolute atomic E-state index is 6.74. The van der Waals surface area contributed by atoms with Gasteiger partial charge < -0.3 is 9.64 Å². The molecule has 0 amide bonds. The minimum atomic E-state index is -0.597. The van der Waals surface area contributed by atoms with Crippen molar-refractivity contribution in [3.8, 4) is 44.9 Å². The first kappa shape index (κ1) is 38.7. The van der Waals surface area contributed by atoms with Gasteiger partial charge in [0.15, 0.2) is 0 Å². The molecule has 15 rings (SSSR count). The Morgan fingerprint density at radius 3 is 1.54 bits per heavy atom. The van der Waals surface area contributed by atoms with Crippen molar-refractivity contribution >= 4 is 39.6 Å². The maximum Gasteiger partial charge on any atom is 0.132 e. The predicted molar refractivity (Wildman–Crippen MR) is 283 cm³/mol. The number of hydrogen-bond acceptors (Lipinski definition) is 3. The zero-order valence-electron chi connectivity index (χ0n) is 37.4. The zero-order valence-corrected chi connectivity index (χ0v) is 38.3. The summed E-state index contributed by atoms with van der Waals surface area (Å²) in [6.45, 7) is 0. The zero-order chi connectivity index (χ0) is 45.3. The Bertz CT molecular complexity index is 3840. The Morgan fingerprint density at radius 1 is 0.319 bits per heavy atom. The van der Waals surface area contributed by atoms with Crippen LogP contribution in [0.5, 0.6) is 11.5 Å². The van der Waals surface area contributed by atoms with Crippen LogP contribution in [0.15, 0.2) is 259 Å². The smallest absolute Gasteiger partial charge is 0.132 e. The summed E-state index contributed by atoms with van der Waals surface area (Å²) in [5, 5.41) is 2.49. The topological polar surface area (TPSA) is 12.5 Å². The number of hydrogen-bond donors (Lipinski definition) is 0. The largest absolute Gasteiger partial charge is 0.457 e. The molecule has 322 valence electrons. The number of benzene rings is 11. The molecular formula is C66H41NOS. The number of rotatable bonds is 4. The molecule has 2 heterocycles. The van der Waals surface area contributed by atoms with Crippen molar-refractivity contribution in [1.82, 2.24) is 0 Å². The lowest BCUT2D eigenvalue weighted by molar-refractivity contribution is 0.436. The first-order chi connectivity index (χ1) is 34.2. The van der Waals surface area contributed by atoms with Gasteiger partial charge in [-0.05, 0) is 139 Å². The van der Waals surface area contributed by atoms with Crippen molar-refractivity contribution in [2.24, 2.45) is 0 Å². The van der Waals surface area contributed by atoms with Gasteiger partial charge in [-0.2, -0.15) is 0 Å². The Labute approximate surface area is 405 Å². The van der Waals surface area contributed by atoms with Crippen LogP contribution in [0.25, 0.3) is 44.2 Å². The second-order valence-electron chi connectivity index (χ2n) is 18.7. The average Bonchev–Trinajstić information content (AvgIpc) is 3.86. The van der Waals surface area contributed by atoms with Gasteiger partial charge in [0, 0.05) is 37.9 Å². The summed E-state index contributed by atoms with van der Waals surface area (Å²) < 4.78 is 6.74. The summed E-state index contributed by atoms with van der Waals surface area (Å²) in [6, 6.07) is 92.4. The highest BCUT2D eigenvalue weighted by Crippen LogP contribution is 2.66. The van der Waals surface area contributed by atoms with Crippen molar-refractivity contribution in [2.45, 2.75) is 20.6 Å². The third-order valence-electron chi connectivity index (χ3n) is 15.4. The average molecular weight is 896 g/mol. The summed E-state index contributed by atoms with van der Waals surface area (Å²) >= 11 is 1.89. The van der Waals surface area contributed by atoms with E-state index in [1.807, 2.05) is 11.8 Å². The lowest BCUT2D eigenvalue weighted by Gasteiger charge is -2.40. The molecule has 0 aromatic heterocycles. The normalized spacial score (nSPS) is 14.4. The van der Waals surface area contributed by atoms with Gasteiger partial charge in [0.05, 0.1) is 16.5 Å². The van der Waals surface area contributed by atoms with E-state index in [-0.39, 0.29) is 0 Å². The fourth-order valence-electron chi connectivity index (χ4n) is 12.6. The molecule has 0 bridgehead atoms. The van der Waals surface area contributed by atoms with E-state index in [2.05, 4.69) is 254 Å². The third-order valence-corrected chi connectivity index (χ3v) is 16.5. The molecule has 11 aromatic rings. The highest BCUT2D eigenvalue weighted by atomic mass is 32.2. The molecule has 69 heavy (non-hydrogen) atoms. The van der Waals surface area contributed by atoms with Crippen LogP contribution in [-0.4, -0.2) is 0 Å². The minimum absolute atomic E-state index is 0.503. The van der Waals surface area contributed by atoms with E-state index in [0.717, 1.165) is 39.7 Å². The fourth-order valence-corrected chi connectivity index (χ4v) is 13.8. The number of ether oxygens (including phenoxy) is 1. The lowest BCUT2D eigenvalue weighted by Crippen LogP contribution is -2.32. The summed E-state index contributed by atoms with van der Waals surface area (Å²) in [6.07, 6.45) is 0. The third kappa shape index (κ3) is 5.23. The van der Waals surface area contributed by atoms with Gasteiger partial charge in [-0.1, -0.05) is 194 Å². The predicted octanol–water partition coefficient (Wildman–Crippen LogP) is 17.3. The van der Waals surface area contributed by atoms with Gasteiger partial charge in [-0.15, -0.1) is 0 Å². The molecule has 0 unspecified atom stereocenters. The molecule has 0 fully saturated rings. The van der Waals surface area contributed by atoms with Crippen LogP contribution in [0.3, 0.4) is 0 Å². The van der Waals surface area contributed by atoms with Crippen molar-refractivity contribution in [3.63, 3.8) is 0 Å². The van der Waals surface area contributed by atoms with Gasteiger partial charge in [0.1, 0.15) is 11.5 Å². The van der Waals surface area contributed by atoms with Gasteiger partial charge in [-0.3, -0.25) is 0 Å². The Kier molecular flexibility index (Phi) is 8.17. The molecule has 0 radical (unpaired) electrons. The Balaban J connectivity index is 1.02. The Morgan fingerprint density at radius 2 is 0.826 bits per heavy atom. The maximum atomic E-state index is 6.74. The fraction of sp³-hybridized carbons (Fsp3) is 0.0303. The molecule has 2 nitrogen and oxygen atoms in total. The first-order valence-corrected chi connectivity index (χ1v) is 24.6. The second kappa shape index (κ2) is 14.6. The summed E-state index contributed by atoms with van der Waals surface area (Å²) in [5.41, 5.74) is 19.7. The molecule has 4 aliphatic rings. The van der Waals surface area contributed by atoms with Crippen LogP contribution in [0.2, 0.25) is 0 Å². The summed E-state index contributed by atoms with van der Waals surface area (Å²) in [4.78, 5) is 5.12. The van der Waals surface area contributed by atoms with Crippen LogP contribution in [-0.2, 0) is 10.8 Å².